The lowest BCUT2D eigenvalue weighted by Gasteiger charge is -2.14. The molecule has 0 heterocycles. The maximum atomic E-state index is 12.5. The molecule has 5 heteroatoms. The number of carbonyl (C=O) groups is 2. The number of ether oxygens (including phenoxy) is 1. The first kappa shape index (κ1) is 19.6. The second-order valence-corrected chi connectivity index (χ2v) is 6.86. The Morgan fingerprint density at radius 2 is 1.57 bits per heavy atom. The molecule has 1 amide bonds. The number of amides is 1. The maximum Gasteiger partial charge on any atom is 0.257 e. The van der Waals surface area contributed by atoms with Gasteiger partial charge in [0.05, 0.1) is 10.6 Å². The predicted octanol–water partition coefficient (Wildman–Crippen LogP) is 5.55. The fourth-order valence-corrected chi connectivity index (χ4v) is 2.89. The van der Waals surface area contributed by atoms with Gasteiger partial charge in [-0.25, -0.2) is 0 Å². The monoisotopic (exact) mass is 393 g/mol. The number of carbonyl (C=O) groups excluding carboxylic acids is 2. The molecule has 28 heavy (non-hydrogen) atoms. The van der Waals surface area contributed by atoms with Crippen LogP contribution in [0.5, 0.6) is 5.75 Å². The molecule has 0 unspecified atom stereocenters. The van der Waals surface area contributed by atoms with Crippen LogP contribution in [-0.4, -0.2) is 17.8 Å². The highest BCUT2D eigenvalue weighted by atomic mass is 35.5. The van der Waals surface area contributed by atoms with Crippen LogP contribution in [0.15, 0.2) is 72.8 Å². The van der Waals surface area contributed by atoms with Crippen molar-refractivity contribution >= 4 is 29.0 Å². The number of Topliss-reactive ketones (excluding diaryl/α,β-unsaturated/α-hetero) is 1. The molecule has 4 nitrogen and oxygen atoms in total. The Hall–Kier alpha value is -3.11. The predicted molar refractivity (Wildman–Crippen MR) is 111 cm³/mol. The molecule has 0 bridgehead atoms. The topological polar surface area (TPSA) is 55.4 Å². The first-order valence-electron chi connectivity index (χ1n) is 8.87. The van der Waals surface area contributed by atoms with Crippen molar-refractivity contribution in [1.82, 2.24) is 0 Å². The van der Waals surface area contributed by atoms with Gasteiger partial charge < -0.3 is 10.1 Å². The Balaban J connectivity index is 1.62. The summed E-state index contributed by atoms with van der Waals surface area (Å²) >= 11 is 6.04. The summed E-state index contributed by atoms with van der Waals surface area (Å²) in [5.74, 6) is 0.169. The SMILES string of the molecule is Cc1ccc(C(=O)[C@H](C)Oc2ccc(NC(=O)c3ccccc3Cl)cc2)cc1. The van der Waals surface area contributed by atoms with Crippen LogP contribution in [0.25, 0.3) is 0 Å². The van der Waals surface area contributed by atoms with Crippen molar-refractivity contribution in [2.75, 3.05) is 5.32 Å². The lowest BCUT2D eigenvalue weighted by atomic mass is 10.1. The van der Waals surface area contributed by atoms with Crippen molar-refractivity contribution in [3.05, 3.63) is 94.5 Å². The molecule has 0 aromatic heterocycles. The van der Waals surface area contributed by atoms with Gasteiger partial charge in [0.2, 0.25) is 5.78 Å². The van der Waals surface area contributed by atoms with Crippen LogP contribution >= 0.6 is 11.6 Å². The van der Waals surface area contributed by atoms with Gasteiger partial charge in [0.25, 0.3) is 5.91 Å². The zero-order valence-corrected chi connectivity index (χ0v) is 16.4. The lowest BCUT2D eigenvalue weighted by molar-refractivity contribution is 0.0818. The van der Waals surface area contributed by atoms with Crippen molar-refractivity contribution < 1.29 is 14.3 Å². The molecular weight excluding hydrogens is 374 g/mol. The van der Waals surface area contributed by atoms with E-state index in [4.69, 9.17) is 16.3 Å². The zero-order valence-electron chi connectivity index (χ0n) is 15.6. The second kappa shape index (κ2) is 8.72. The molecule has 3 rings (SSSR count). The highest BCUT2D eigenvalue weighted by molar-refractivity contribution is 6.34. The first-order valence-corrected chi connectivity index (χ1v) is 9.25. The van der Waals surface area contributed by atoms with Gasteiger partial charge in [0.15, 0.2) is 6.10 Å². The highest BCUT2D eigenvalue weighted by Gasteiger charge is 2.17. The minimum absolute atomic E-state index is 0.0869. The van der Waals surface area contributed by atoms with Gasteiger partial charge in [0.1, 0.15) is 5.75 Å². The van der Waals surface area contributed by atoms with E-state index in [1.54, 1.807) is 67.6 Å². The fraction of sp³-hybridized carbons (Fsp3) is 0.130. The van der Waals surface area contributed by atoms with E-state index in [0.717, 1.165) is 5.56 Å². The van der Waals surface area contributed by atoms with E-state index in [9.17, 15) is 9.59 Å². The van der Waals surface area contributed by atoms with Crippen LogP contribution in [0.3, 0.4) is 0 Å². The summed E-state index contributed by atoms with van der Waals surface area (Å²) in [6.45, 7) is 3.69. The first-order chi connectivity index (χ1) is 13.4. The van der Waals surface area contributed by atoms with Crippen molar-refractivity contribution in [3.63, 3.8) is 0 Å². The van der Waals surface area contributed by atoms with E-state index in [2.05, 4.69) is 5.32 Å². The fourth-order valence-electron chi connectivity index (χ4n) is 2.67. The third-order valence-corrected chi connectivity index (χ3v) is 4.58. The van der Waals surface area contributed by atoms with Crippen LogP contribution in [-0.2, 0) is 0 Å². The van der Waals surface area contributed by atoms with Gasteiger partial charge in [-0.05, 0) is 50.2 Å². The number of hydrogen-bond donors (Lipinski definition) is 1. The molecule has 1 atom stereocenters. The van der Waals surface area contributed by atoms with Crippen LogP contribution in [0.4, 0.5) is 5.69 Å². The molecule has 0 radical (unpaired) electrons. The van der Waals surface area contributed by atoms with Crippen LogP contribution in [0.1, 0.15) is 33.2 Å². The highest BCUT2D eigenvalue weighted by Crippen LogP contribution is 2.21. The third kappa shape index (κ3) is 4.78. The Kier molecular flexibility index (Phi) is 6.12. The Bertz CT molecular complexity index is 981. The summed E-state index contributed by atoms with van der Waals surface area (Å²) in [6.07, 6.45) is -0.619. The summed E-state index contributed by atoms with van der Waals surface area (Å²) in [6, 6.07) is 21.1. The normalized spacial score (nSPS) is 11.5. The largest absolute Gasteiger partial charge is 0.483 e. The Labute approximate surface area is 169 Å². The third-order valence-electron chi connectivity index (χ3n) is 4.25. The number of rotatable bonds is 6. The maximum absolute atomic E-state index is 12.5. The molecule has 3 aromatic carbocycles. The van der Waals surface area contributed by atoms with Gasteiger partial charge in [0, 0.05) is 11.3 Å². The van der Waals surface area contributed by atoms with Crippen LogP contribution < -0.4 is 10.1 Å². The average Bonchev–Trinajstić information content (AvgIpc) is 2.69. The molecule has 0 aliphatic carbocycles. The molecule has 0 aliphatic heterocycles. The molecule has 0 saturated heterocycles. The quantitative estimate of drug-likeness (QED) is 0.558. The number of halogens is 1. The van der Waals surface area contributed by atoms with Crippen molar-refractivity contribution in [2.45, 2.75) is 20.0 Å². The number of anilines is 1. The van der Waals surface area contributed by atoms with E-state index in [1.165, 1.54) is 0 Å². The number of ketones is 1. The molecule has 0 aliphatic rings. The van der Waals surface area contributed by atoms with Crippen molar-refractivity contribution in [3.8, 4) is 5.75 Å². The molecular formula is C23H20ClNO3. The number of aryl methyl sites for hydroxylation is 1. The second-order valence-electron chi connectivity index (χ2n) is 6.45. The Morgan fingerprint density at radius 1 is 0.929 bits per heavy atom. The summed E-state index contributed by atoms with van der Waals surface area (Å²) in [5, 5.41) is 3.18. The minimum Gasteiger partial charge on any atom is -0.483 e. The summed E-state index contributed by atoms with van der Waals surface area (Å²) in [5.41, 5.74) is 2.72. The molecule has 0 spiro atoms. The summed E-state index contributed by atoms with van der Waals surface area (Å²) in [4.78, 5) is 24.8. The van der Waals surface area contributed by atoms with E-state index in [0.29, 0.717) is 27.6 Å². The summed E-state index contributed by atoms with van der Waals surface area (Å²) < 4.78 is 5.74. The van der Waals surface area contributed by atoms with Crippen LogP contribution in [0.2, 0.25) is 5.02 Å². The standard InChI is InChI=1S/C23H20ClNO3/c1-15-7-9-17(10-8-15)22(26)16(2)28-19-13-11-18(12-14-19)25-23(27)20-5-3-4-6-21(20)24/h3-14,16H,1-2H3,(H,25,27)/t16-/m0/s1. The van der Waals surface area contributed by atoms with Gasteiger partial charge in [-0.3, -0.25) is 9.59 Å². The van der Waals surface area contributed by atoms with E-state index in [1.807, 2.05) is 19.1 Å². The van der Waals surface area contributed by atoms with Crippen LogP contribution in [0, 0.1) is 6.92 Å². The number of benzene rings is 3. The van der Waals surface area contributed by atoms with Gasteiger partial charge in [-0.1, -0.05) is 53.6 Å². The van der Waals surface area contributed by atoms with Crippen molar-refractivity contribution in [2.24, 2.45) is 0 Å². The smallest absolute Gasteiger partial charge is 0.257 e. The lowest BCUT2D eigenvalue weighted by Crippen LogP contribution is -2.23. The summed E-state index contributed by atoms with van der Waals surface area (Å²) in [7, 11) is 0. The van der Waals surface area contributed by atoms with Gasteiger partial charge in [-0.2, -0.15) is 0 Å². The molecule has 142 valence electrons. The van der Waals surface area contributed by atoms with Gasteiger partial charge >= 0.3 is 0 Å². The van der Waals surface area contributed by atoms with Gasteiger partial charge in [-0.15, -0.1) is 0 Å². The van der Waals surface area contributed by atoms with Crippen molar-refractivity contribution in [1.29, 1.82) is 0 Å². The number of nitrogens with one attached hydrogen (secondary N) is 1. The Morgan fingerprint density at radius 3 is 2.21 bits per heavy atom. The zero-order chi connectivity index (χ0) is 20.1. The van der Waals surface area contributed by atoms with E-state index < -0.39 is 6.10 Å². The molecule has 3 aromatic rings. The van der Waals surface area contributed by atoms with E-state index >= 15 is 0 Å². The molecule has 1 N–H and O–H groups in total. The number of hydrogen-bond acceptors (Lipinski definition) is 3. The minimum atomic E-state index is -0.619. The molecule has 0 saturated carbocycles. The molecule has 0 fully saturated rings. The average molecular weight is 394 g/mol. The van der Waals surface area contributed by atoms with E-state index in [-0.39, 0.29) is 11.7 Å².